The van der Waals surface area contributed by atoms with Gasteiger partial charge in [-0.2, -0.15) is 0 Å². The molecule has 0 saturated heterocycles. The number of carbonyl (C=O) groups excluding carboxylic acids is 3. The third-order valence-electron chi connectivity index (χ3n) is 4.43. The molecule has 3 N–H and O–H groups in total. The van der Waals surface area contributed by atoms with E-state index in [2.05, 4.69) is 5.32 Å². The standard InChI is InChI=1S/C16H20N2O4S/c1-8-6-10(8)16(21)22-7-12(19)18-15-13(14(17)20)9-4-2-3-5-11(9)23-15/h8,10H,2-7H2,1H3,(H2,17,20)(H,18,19)/t8-,10+/m1/s1. The molecule has 2 atom stereocenters. The molecule has 0 unspecified atom stereocenters. The Morgan fingerprint density at radius 2 is 2.00 bits per heavy atom. The second-order valence-corrected chi connectivity index (χ2v) is 7.36. The molecule has 1 aromatic heterocycles. The van der Waals surface area contributed by atoms with E-state index in [1.165, 1.54) is 11.3 Å². The smallest absolute Gasteiger partial charge is 0.309 e. The van der Waals surface area contributed by atoms with Crippen LogP contribution in [0.3, 0.4) is 0 Å². The van der Waals surface area contributed by atoms with E-state index in [1.807, 2.05) is 6.92 Å². The van der Waals surface area contributed by atoms with Gasteiger partial charge in [-0.05, 0) is 43.6 Å². The number of primary amides is 1. The van der Waals surface area contributed by atoms with Crippen molar-refractivity contribution in [3.05, 3.63) is 16.0 Å². The summed E-state index contributed by atoms with van der Waals surface area (Å²) in [4.78, 5) is 36.5. The maximum Gasteiger partial charge on any atom is 0.309 e. The van der Waals surface area contributed by atoms with Gasteiger partial charge in [0, 0.05) is 4.88 Å². The van der Waals surface area contributed by atoms with Crippen LogP contribution in [0.1, 0.15) is 47.0 Å². The summed E-state index contributed by atoms with van der Waals surface area (Å²) in [5, 5.41) is 3.15. The molecule has 1 aromatic rings. The Morgan fingerprint density at radius 3 is 2.65 bits per heavy atom. The van der Waals surface area contributed by atoms with Gasteiger partial charge in [-0.1, -0.05) is 6.92 Å². The molecule has 0 spiro atoms. The van der Waals surface area contributed by atoms with Crippen molar-refractivity contribution in [2.75, 3.05) is 11.9 Å². The van der Waals surface area contributed by atoms with Crippen LogP contribution in [0.5, 0.6) is 0 Å². The summed E-state index contributed by atoms with van der Waals surface area (Å²) in [5.74, 6) is -1.02. The van der Waals surface area contributed by atoms with Crippen molar-refractivity contribution in [2.45, 2.75) is 39.0 Å². The zero-order chi connectivity index (χ0) is 16.6. The fraction of sp³-hybridized carbons (Fsp3) is 0.562. The Kier molecular flexibility index (Phi) is 4.39. The molecule has 23 heavy (non-hydrogen) atoms. The largest absolute Gasteiger partial charge is 0.455 e. The van der Waals surface area contributed by atoms with E-state index in [-0.39, 0.29) is 18.5 Å². The molecule has 2 amide bonds. The maximum atomic E-state index is 12.0. The predicted octanol–water partition coefficient (Wildman–Crippen LogP) is 1.86. The first-order valence-electron chi connectivity index (χ1n) is 7.88. The van der Waals surface area contributed by atoms with Crippen molar-refractivity contribution < 1.29 is 19.1 Å². The van der Waals surface area contributed by atoms with Gasteiger partial charge >= 0.3 is 5.97 Å². The lowest BCUT2D eigenvalue weighted by atomic mass is 9.95. The van der Waals surface area contributed by atoms with E-state index in [1.54, 1.807) is 0 Å². The molecule has 1 fully saturated rings. The summed E-state index contributed by atoms with van der Waals surface area (Å²) in [5.41, 5.74) is 6.86. The molecule has 6 nitrogen and oxygen atoms in total. The van der Waals surface area contributed by atoms with E-state index < -0.39 is 11.8 Å². The van der Waals surface area contributed by atoms with Gasteiger partial charge in [-0.3, -0.25) is 14.4 Å². The Balaban J connectivity index is 1.65. The molecule has 1 saturated carbocycles. The minimum atomic E-state index is -0.525. The summed E-state index contributed by atoms with van der Waals surface area (Å²) >= 11 is 1.40. The van der Waals surface area contributed by atoms with E-state index >= 15 is 0 Å². The average molecular weight is 336 g/mol. The van der Waals surface area contributed by atoms with E-state index in [0.717, 1.165) is 42.5 Å². The quantitative estimate of drug-likeness (QED) is 0.802. The number of thiophene rings is 1. The topological polar surface area (TPSA) is 98.5 Å². The highest BCUT2D eigenvalue weighted by Gasteiger charge is 2.40. The number of nitrogens with one attached hydrogen (secondary N) is 1. The number of hydrogen-bond acceptors (Lipinski definition) is 5. The van der Waals surface area contributed by atoms with Crippen molar-refractivity contribution in [1.82, 2.24) is 0 Å². The number of ether oxygens (including phenoxy) is 1. The Labute approximate surface area is 138 Å². The van der Waals surface area contributed by atoms with Crippen LogP contribution in [-0.2, 0) is 27.2 Å². The van der Waals surface area contributed by atoms with Gasteiger partial charge < -0.3 is 15.8 Å². The minimum absolute atomic E-state index is 0.0713. The normalized spacial score (nSPS) is 22.1. The van der Waals surface area contributed by atoms with Gasteiger partial charge in [0.2, 0.25) is 0 Å². The summed E-state index contributed by atoms with van der Waals surface area (Å²) in [6.45, 7) is 1.64. The fourth-order valence-electron chi connectivity index (χ4n) is 2.97. The van der Waals surface area contributed by atoms with Crippen molar-refractivity contribution in [1.29, 1.82) is 0 Å². The minimum Gasteiger partial charge on any atom is -0.455 e. The molecule has 2 aliphatic carbocycles. The molecule has 0 aliphatic heterocycles. The Hall–Kier alpha value is -1.89. The Bertz CT molecular complexity index is 667. The lowest BCUT2D eigenvalue weighted by Gasteiger charge is -2.11. The van der Waals surface area contributed by atoms with Crippen molar-refractivity contribution in [2.24, 2.45) is 17.6 Å². The fourth-order valence-corrected chi connectivity index (χ4v) is 4.28. The van der Waals surface area contributed by atoms with Crippen LogP contribution in [0.15, 0.2) is 0 Å². The predicted molar refractivity (Wildman–Crippen MR) is 86.3 cm³/mol. The molecule has 2 aliphatic rings. The first kappa shape index (κ1) is 16.0. The van der Waals surface area contributed by atoms with Crippen molar-refractivity contribution >= 4 is 34.1 Å². The number of rotatable bonds is 5. The van der Waals surface area contributed by atoms with E-state index in [9.17, 15) is 14.4 Å². The molecular weight excluding hydrogens is 316 g/mol. The SMILES string of the molecule is C[C@@H]1C[C@@H]1C(=O)OCC(=O)Nc1sc2c(c1C(N)=O)CCCC2. The number of aryl methyl sites for hydroxylation is 1. The second-order valence-electron chi connectivity index (χ2n) is 6.25. The number of esters is 1. The van der Waals surface area contributed by atoms with Crippen LogP contribution in [0.4, 0.5) is 5.00 Å². The summed E-state index contributed by atoms with van der Waals surface area (Å²) < 4.78 is 5.01. The molecule has 3 rings (SSSR count). The van der Waals surface area contributed by atoms with Crippen LogP contribution < -0.4 is 11.1 Å². The number of fused-ring (bicyclic) bond motifs is 1. The van der Waals surface area contributed by atoms with Gasteiger partial charge in [0.05, 0.1) is 11.5 Å². The number of carbonyl (C=O) groups is 3. The monoisotopic (exact) mass is 336 g/mol. The Morgan fingerprint density at radius 1 is 1.30 bits per heavy atom. The van der Waals surface area contributed by atoms with Crippen molar-refractivity contribution in [3.63, 3.8) is 0 Å². The first-order valence-corrected chi connectivity index (χ1v) is 8.70. The molecule has 0 radical (unpaired) electrons. The summed E-state index contributed by atoms with van der Waals surface area (Å²) in [7, 11) is 0. The highest BCUT2D eigenvalue weighted by Crippen LogP contribution is 2.39. The number of anilines is 1. The molecule has 124 valence electrons. The number of hydrogen-bond donors (Lipinski definition) is 2. The van der Waals surface area contributed by atoms with Crippen LogP contribution in [0.25, 0.3) is 0 Å². The lowest BCUT2D eigenvalue weighted by molar-refractivity contribution is -0.148. The third kappa shape index (κ3) is 3.39. The zero-order valence-corrected chi connectivity index (χ0v) is 13.8. The van der Waals surface area contributed by atoms with Crippen LogP contribution in [-0.4, -0.2) is 24.4 Å². The van der Waals surface area contributed by atoms with Crippen LogP contribution in [0, 0.1) is 11.8 Å². The van der Waals surface area contributed by atoms with Crippen LogP contribution >= 0.6 is 11.3 Å². The number of nitrogens with two attached hydrogens (primary N) is 1. The highest BCUT2D eigenvalue weighted by molar-refractivity contribution is 7.17. The van der Waals surface area contributed by atoms with Crippen LogP contribution in [0.2, 0.25) is 0 Å². The second kappa shape index (κ2) is 6.31. The molecule has 0 bridgehead atoms. The zero-order valence-electron chi connectivity index (χ0n) is 13.0. The van der Waals surface area contributed by atoms with Gasteiger partial charge in [-0.15, -0.1) is 11.3 Å². The van der Waals surface area contributed by atoms with Gasteiger partial charge in [0.15, 0.2) is 6.61 Å². The molecule has 1 heterocycles. The maximum absolute atomic E-state index is 12.0. The average Bonchev–Trinajstić information content (AvgIpc) is 3.11. The highest BCUT2D eigenvalue weighted by atomic mass is 32.1. The lowest BCUT2D eigenvalue weighted by Crippen LogP contribution is -2.23. The molecule has 0 aromatic carbocycles. The van der Waals surface area contributed by atoms with Gasteiger partial charge in [0.1, 0.15) is 5.00 Å². The van der Waals surface area contributed by atoms with Gasteiger partial charge in [0.25, 0.3) is 11.8 Å². The molecular formula is C16H20N2O4S. The molecule has 7 heteroatoms. The summed E-state index contributed by atoms with van der Waals surface area (Å²) in [6, 6.07) is 0. The van der Waals surface area contributed by atoms with E-state index in [4.69, 9.17) is 10.5 Å². The first-order chi connectivity index (χ1) is 11.0. The van der Waals surface area contributed by atoms with Gasteiger partial charge in [-0.25, -0.2) is 0 Å². The third-order valence-corrected chi connectivity index (χ3v) is 5.64. The van der Waals surface area contributed by atoms with Crippen molar-refractivity contribution in [3.8, 4) is 0 Å². The summed E-state index contributed by atoms with van der Waals surface area (Å²) in [6.07, 6.45) is 4.65. The number of amides is 2. The van der Waals surface area contributed by atoms with E-state index in [0.29, 0.717) is 16.5 Å².